The zero-order valence-corrected chi connectivity index (χ0v) is 22.0. The van der Waals surface area contributed by atoms with Crippen LogP contribution in [-0.2, 0) is 29.4 Å². The van der Waals surface area contributed by atoms with Gasteiger partial charge in [-0.05, 0) is 48.1 Å². The molecule has 4 N–H and O–H groups in total. The van der Waals surface area contributed by atoms with E-state index in [9.17, 15) is 27.1 Å². The SMILES string of the molecule is CCCS(=O)(=O)Nc1nc(C(=O)N[C@@H](Cc2cc(F)cc(F)c2)[C@H](O)CNCc2cccc(CC)c2)co1. The number of rotatable bonds is 14. The molecule has 0 radical (unpaired) electrons. The molecule has 2 atom stereocenters. The molecule has 3 aromatic rings. The second-order valence-corrected chi connectivity index (χ2v) is 10.7. The molecule has 2 aromatic carbocycles. The Morgan fingerprint density at radius 1 is 1.08 bits per heavy atom. The van der Waals surface area contributed by atoms with Crippen LogP contribution < -0.4 is 15.4 Å². The van der Waals surface area contributed by atoms with E-state index in [1.54, 1.807) is 6.92 Å². The number of nitrogens with one attached hydrogen (secondary N) is 3. The van der Waals surface area contributed by atoms with E-state index in [-0.39, 0.29) is 36.0 Å². The van der Waals surface area contributed by atoms with Gasteiger partial charge in [-0.25, -0.2) is 21.9 Å². The number of anilines is 1. The molecule has 0 aliphatic rings. The van der Waals surface area contributed by atoms with E-state index < -0.39 is 39.7 Å². The lowest BCUT2D eigenvalue weighted by molar-refractivity contribution is 0.0825. The Balaban J connectivity index is 1.71. The molecule has 12 heteroatoms. The number of hydrogen-bond acceptors (Lipinski definition) is 7. The van der Waals surface area contributed by atoms with Crippen LogP contribution in [0, 0.1) is 11.6 Å². The molecule has 1 aromatic heterocycles. The van der Waals surface area contributed by atoms with E-state index in [2.05, 4.69) is 27.3 Å². The Bertz CT molecular complexity index is 1310. The summed E-state index contributed by atoms with van der Waals surface area (Å²) in [5.41, 5.74) is 2.19. The monoisotopic (exact) mass is 550 g/mol. The summed E-state index contributed by atoms with van der Waals surface area (Å²) >= 11 is 0. The molecular weight excluding hydrogens is 518 g/mol. The molecule has 0 saturated carbocycles. The number of aromatic nitrogens is 1. The zero-order valence-electron chi connectivity index (χ0n) is 21.2. The first-order valence-electron chi connectivity index (χ1n) is 12.3. The van der Waals surface area contributed by atoms with Crippen LogP contribution in [0.1, 0.15) is 47.4 Å². The fraction of sp³-hybridized carbons (Fsp3) is 0.385. The van der Waals surface area contributed by atoms with Gasteiger partial charge in [0.05, 0.1) is 17.9 Å². The molecule has 206 valence electrons. The van der Waals surface area contributed by atoms with Gasteiger partial charge < -0.3 is 20.2 Å². The summed E-state index contributed by atoms with van der Waals surface area (Å²) in [6, 6.07) is 9.60. The Kier molecular flexibility index (Phi) is 10.3. The van der Waals surface area contributed by atoms with Gasteiger partial charge in [0.1, 0.15) is 17.9 Å². The van der Waals surface area contributed by atoms with Gasteiger partial charge in [0.25, 0.3) is 5.91 Å². The lowest BCUT2D eigenvalue weighted by atomic mass is 10.00. The lowest BCUT2D eigenvalue weighted by Gasteiger charge is -2.24. The molecule has 0 aliphatic carbocycles. The first-order chi connectivity index (χ1) is 18.1. The second kappa shape index (κ2) is 13.4. The van der Waals surface area contributed by atoms with Crippen molar-refractivity contribution in [1.82, 2.24) is 15.6 Å². The highest BCUT2D eigenvalue weighted by Gasteiger charge is 2.25. The molecular formula is C26H32F2N4O5S. The summed E-state index contributed by atoms with van der Waals surface area (Å²) in [5.74, 6) is -2.47. The lowest BCUT2D eigenvalue weighted by Crippen LogP contribution is -2.48. The minimum atomic E-state index is -3.68. The van der Waals surface area contributed by atoms with Crippen molar-refractivity contribution >= 4 is 21.9 Å². The highest BCUT2D eigenvalue weighted by Crippen LogP contribution is 2.14. The van der Waals surface area contributed by atoms with Crippen molar-refractivity contribution < 1.29 is 31.5 Å². The van der Waals surface area contributed by atoms with E-state index in [1.165, 1.54) is 5.56 Å². The van der Waals surface area contributed by atoms with E-state index in [0.29, 0.717) is 13.0 Å². The number of aliphatic hydroxyl groups is 1. The maximum atomic E-state index is 13.8. The van der Waals surface area contributed by atoms with Crippen LogP contribution in [0.3, 0.4) is 0 Å². The number of halogens is 2. The van der Waals surface area contributed by atoms with Crippen LogP contribution in [0.25, 0.3) is 0 Å². The quantitative estimate of drug-likeness (QED) is 0.242. The van der Waals surface area contributed by atoms with Crippen LogP contribution >= 0.6 is 0 Å². The molecule has 0 saturated heterocycles. The van der Waals surface area contributed by atoms with Crippen LogP contribution in [0.2, 0.25) is 0 Å². The van der Waals surface area contributed by atoms with Gasteiger partial charge >= 0.3 is 6.01 Å². The summed E-state index contributed by atoms with van der Waals surface area (Å²) in [4.78, 5) is 16.7. The number of aryl methyl sites for hydroxylation is 1. The van der Waals surface area contributed by atoms with Crippen molar-refractivity contribution in [1.29, 1.82) is 0 Å². The van der Waals surface area contributed by atoms with Crippen molar-refractivity contribution in [3.63, 3.8) is 0 Å². The third kappa shape index (κ3) is 8.89. The minimum Gasteiger partial charge on any atom is -0.431 e. The summed E-state index contributed by atoms with van der Waals surface area (Å²) in [7, 11) is -3.68. The fourth-order valence-corrected chi connectivity index (χ4v) is 4.85. The Morgan fingerprint density at radius 2 is 1.79 bits per heavy atom. The predicted octanol–water partition coefficient (Wildman–Crippen LogP) is 3.16. The summed E-state index contributed by atoms with van der Waals surface area (Å²) < 4.78 is 58.6. The van der Waals surface area contributed by atoms with Gasteiger partial charge in [-0.1, -0.05) is 38.1 Å². The van der Waals surface area contributed by atoms with Gasteiger partial charge in [0.2, 0.25) is 10.0 Å². The van der Waals surface area contributed by atoms with Crippen LogP contribution in [0.15, 0.2) is 53.1 Å². The average molecular weight is 551 g/mol. The number of sulfonamides is 1. The first-order valence-corrected chi connectivity index (χ1v) is 13.9. The van der Waals surface area contributed by atoms with Crippen molar-refractivity contribution in [3.8, 4) is 0 Å². The van der Waals surface area contributed by atoms with E-state index in [0.717, 1.165) is 36.4 Å². The number of hydrogen-bond donors (Lipinski definition) is 4. The highest BCUT2D eigenvalue weighted by atomic mass is 32.2. The second-order valence-electron chi connectivity index (χ2n) is 8.89. The van der Waals surface area contributed by atoms with E-state index >= 15 is 0 Å². The molecule has 0 fully saturated rings. The van der Waals surface area contributed by atoms with Gasteiger partial charge in [0, 0.05) is 19.2 Å². The molecule has 1 heterocycles. The van der Waals surface area contributed by atoms with Gasteiger partial charge in [-0.2, -0.15) is 4.98 Å². The Morgan fingerprint density at radius 3 is 2.47 bits per heavy atom. The number of oxazole rings is 1. The number of carbonyl (C=O) groups is 1. The molecule has 0 unspecified atom stereocenters. The molecule has 0 aliphatic heterocycles. The summed E-state index contributed by atoms with van der Waals surface area (Å²) in [6.07, 6.45) is 1.01. The third-order valence-corrected chi connectivity index (χ3v) is 7.12. The van der Waals surface area contributed by atoms with Gasteiger partial charge in [0.15, 0.2) is 5.69 Å². The van der Waals surface area contributed by atoms with Crippen LogP contribution in [0.5, 0.6) is 0 Å². The maximum Gasteiger partial charge on any atom is 0.309 e. The third-order valence-electron chi connectivity index (χ3n) is 5.69. The number of aliphatic hydroxyl groups excluding tert-OH is 1. The fourth-order valence-electron chi connectivity index (χ4n) is 3.85. The Hall–Kier alpha value is -3.35. The molecule has 0 spiro atoms. The molecule has 9 nitrogen and oxygen atoms in total. The largest absolute Gasteiger partial charge is 0.431 e. The van der Waals surface area contributed by atoms with Crippen molar-refractivity contribution in [3.05, 3.63) is 82.7 Å². The molecule has 38 heavy (non-hydrogen) atoms. The van der Waals surface area contributed by atoms with E-state index in [4.69, 9.17) is 4.42 Å². The average Bonchev–Trinajstić information content (AvgIpc) is 3.30. The standard InChI is InChI=1S/C26H32F2N4O5S/c1-3-8-38(35,36)32-26-31-23(16-37-26)25(34)30-22(12-19-10-20(27)13-21(28)11-19)24(33)15-29-14-18-7-5-6-17(4-2)9-18/h5-7,9-11,13,16,22,24,29,33H,3-4,8,12,14-15H2,1-2H3,(H,30,34)(H,31,32)/t22-,24+/m0/s1. The highest BCUT2D eigenvalue weighted by molar-refractivity contribution is 7.92. The van der Waals surface area contributed by atoms with Gasteiger partial charge in [-0.15, -0.1) is 0 Å². The van der Waals surface area contributed by atoms with Crippen molar-refractivity contribution in [2.24, 2.45) is 0 Å². The normalized spacial score (nSPS) is 13.2. The molecule has 0 bridgehead atoms. The predicted molar refractivity (Wildman–Crippen MR) is 139 cm³/mol. The van der Waals surface area contributed by atoms with Crippen molar-refractivity contribution in [2.45, 2.75) is 51.8 Å². The van der Waals surface area contributed by atoms with Crippen molar-refractivity contribution in [2.75, 3.05) is 17.0 Å². The van der Waals surface area contributed by atoms with E-state index in [1.807, 2.05) is 24.3 Å². The summed E-state index contributed by atoms with van der Waals surface area (Å²) in [6.45, 7) is 4.28. The summed E-state index contributed by atoms with van der Waals surface area (Å²) in [5, 5.41) is 16.7. The topological polar surface area (TPSA) is 134 Å². The van der Waals surface area contributed by atoms with Gasteiger partial charge in [-0.3, -0.25) is 4.79 Å². The number of amides is 1. The van der Waals surface area contributed by atoms with Crippen LogP contribution in [-0.4, -0.2) is 48.9 Å². The first kappa shape index (κ1) is 29.2. The molecule has 1 amide bonds. The zero-order chi connectivity index (χ0) is 27.7. The number of nitrogens with zero attached hydrogens (tertiary/aromatic N) is 1. The number of carbonyl (C=O) groups excluding carboxylic acids is 1. The number of benzene rings is 2. The van der Waals surface area contributed by atoms with Crippen LogP contribution in [0.4, 0.5) is 14.8 Å². The smallest absolute Gasteiger partial charge is 0.309 e. The Labute approximate surface area is 220 Å². The molecule has 3 rings (SSSR count). The minimum absolute atomic E-state index is 0.0694. The maximum absolute atomic E-state index is 13.8.